The maximum absolute atomic E-state index is 10.1. The van der Waals surface area contributed by atoms with E-state index in [0.717, 1.165) is 5.56 Å². The fourth-order valence-electron chi connectivity index (χ4n) is 2.49. The van der Waals surface area contributed by atoms with Crippen LogP contribution < -0.4 is 0 Å². The molecule has 1 nitrogen and oxygen atoms in total. The van der Waals surface area contributed by atoms with E-state index in [0.29, 0.717) is 17.8 Å². The van der Waals surface area contributed by atoms with Crippen LogP contribution >= 0.6 is 0 Å². The molecule has 0 saturated carbocycles. The minimum atomic E-state index is -0.388. The monoisotopic (exact) mass is 248 g/mol. The van der Waals surface area contributed by atoms with Crippen molar-refractivity contribution in [1.82, 2.24) is 0 Å². The molecule has 1 aromatic rings. The molecule has 0 amide bonds. The van der Waals surface area contributed by atoms with E-state index in [2.05, 4.69) is 53.7 Å². The summed E-state index contributed by atoms with van der Waals surface area (Å²) in [7, 11) is 0. The molecule has 0 bridgehead atoms. The van der Waals surface area contributed by atoms with Crippen LogP contribution in [0.25, 0.3) is 0 Å². The summed E-state index contributed by atoms with van der Waals surface area (Å²) in [6.07, 6.45) is -0.388. The Hall–Kier alpha value is -0.820. The maximum atomic E-state index is 10.1. The Morgan fingerprint density at radius 3 is 1.33 bits per heavy atom. The van der Waals surface area contributed by atoms with E-state index in [4.69, 9.17) is 0 Å². The molecule has 0 saturated heterocycles. The van der Waals surface area contributed by atoms with Gasteiger partial charge in [-0.15, -0.1) is 0 Å². The van der Waals surface area contributed by atoms with Crippen LogP contribution in [-0.4, -0.2) is 5.11 Å². The minimum absolute atomic E-state index is 0.388. The average Bonchev–Trinajstić information content (AvgIpc) is 2.26. The van der Waals surface area contributed by atoms with Crippen LogP contribution in [0.2, 0.25) is 0 Å². The van der Waals surface area contributed by atoms with E-state index in [1.165, 1.54) is 16.7 Å². The SMILES string of the molecule is CC(C)c1cc(C(C)C)c([C@H](C)O)c(C(C)C)c1. The van der Waals surface area contributed by atoms with Crippen LogP contribution in [0.4, 0.5) is 0 Å². The first-order chi connectivity index (χ1) is 8.25. The van der Waals surface area contributed by atoms with Gasteiger partial charge in [0, 0.05) is 0 Å². The molecule has 0 fully saturated rings. The number of aliphatic hydroxyl groups excluding tert-OH is 1. The first-order valence-electron chi connectivity index (χ1n) is 7.11. The van der Waals surface area contributed by atoms with Gasteiger partial charge in [-0.3, -0.25) is 0 Å². The van der Waals surface area contributed by atoms with E-state index >= 15 is 0 Å². The molecule has 1 heteroatoms. The largest absolute Gasteiger partial charge is 0.389 e. The molecule has 0 heterocycles. The molecule has 0 radical (unpaired) electrons. The summed E-state index contributed by atoms with van der Waals surface area (Å²) >= 11 is 0. The van der Waals surface area contributed by atoms with E-state index in [-0.39, 0.29) is 6.10 Å². The summed E-state index contributed by atoms with van der Waals surface area (Å²) in [5, 5.41) is 10.1. The highest BCUT2D eigenvalue weighted by atomic mass is 16.3. The van der Waals surface area contributed by atoms with Crippen molar-refractivity contribution in [2.75, 3.05) is 0 Å². The summed E-state index contributed by atoms with van der Waals surface area (Å²) in [5.74, 6) is 1.43. The number of hydrogen-bond acceptors (Lipinski definition) is 1. The quantitative estimate of drug-likeness (QED) is 0.785. The van der Waals surface area contributed by atoms with E-state index in [9.17, 15) is 5.11 Å². The van der Waals surface area contributed by atoms with Gasteiger partial charge in [-0.25, -0.2) is 0 Å². The van der Waals surface area contributed by atoms with Crippen molar-refractivity contribution in [3.63, 3.8) is 0 Å². The van der Waals surface area contributed by atoms with Gasteiger partial charge >= 0.3 is 0 Å². The number of rotatable bonds is 4. The molecule has 0 aliphatic heterocycles. The van der Waals surface area contributed by atoms with Crippen LogP contribution in [0.1, 0.15) is 94.6 Å². The molecule has 1 N–H and O–H groups in total. The van der Waals surface area contributed by atoms with Gasteiger partial charge in [0.25, 0.3) is 0 Å². The molecule has 0 aromatic heterocycles. The zero-order valence-corrected chi connectivity index (χ0v) is 12.9. The van der Waals surface area contributed by atoms with Gasteiger partial charge in [0.1, 0.15) is 0 Å². The van der Waals surface area contributed by atoms with Gasteiger partial charge in [-0.05, 0) is 46.9 Å². The maximum Gasteiger partial charge on any atom is 0.0767 e. The van der Waals surface area contributed by atoms with Gasteiger partial charge in [0.2, 0.25) is 0 Å². The number of aliphatic hydroxyl groups is 1. The predicted molar refractivity (Wildman–Crippen MR) is 79.3 cm³/mol. The highest BCUT2D eigenvalue weighted by Crippen LogP contribution is 2.35. The van der Waals surface area contributed by atoms with Crippen molar-refractivity contribution in [2.45, 2.75) is 72.3 Å². The number of benzene rings is 1. The van der Waals surface area contributed by atoms with Crippen molar-refractivity contribution in [1.29, 1.82) is 0 Å². The molecule has 102 valence electrons. The Morgan fingerprint density at radius 1 is 0.722 bits per heavy atom. The molecule has 0 unspecified atom stereocenters. The average molecular weight is 248 g/mol. The lowest BCUT2D eigenvalue weighted by molar-refractivity contribution is 0.196. The van der Waals surface area contributed by atoms with Crippen molar-refractivity contribution < 1.29 is 5.11 Å². The fraction of sp³-hybridized carbons (Fsp3) is 0.647. The summed E-state index contributed by atoms with van der Waals surface area (Å²) in [6.45, 7) is 15.1. The normalized spacial score (nSPS) is 13.7. The van der Waals surface area contributed by atoms with Crippen molar-refractivity contribution in [2.24, 2.45) is 0 Å². The molecular formula is C17H28O. The van der Waals surface area contributed by atoms with Gasteiger partial charge in [-0.1, -0.05) is 53.7 Å². The van der Waals surface area contributed by atoms with Gasteiger partial charge < -0.3 is 5.11 Å². The topological polar surface area (TPSA) is 20.2 Å². The second-order valence-corrected chi connectivity index (χ2v) is 6.25. The highest BCUT2D eigenvalue weighted by molar-refractivity contribution is 5.44. The molecule has 0 aliphatic carbocycles. The molecular weight excluding hydrogens is 220 g/mol. The van der Waals surface area contributed by atoms with E-state index < -0.39 is 0 Å². The summed E-state index contributed by atoms with van der Waals surface area (Å²) in [6, 6.07) is 4.56. The number of hydrogen-bond donors (Lipinski definition) is 1. The third kappa shape index (κ3) is 3.14. The van der Waals surface area contributed by atoms with Crippen LogP contribution in [0.5, 0.6) is 0 Å². The van der Waals surface area contributed by atoms with Crippen LogP contribution in [0, 0.1) is 0 Å². The molecule has 0 aliphatic rings. The Bertz CT molecular complexity index is 371. The summed E-state index contributed by atoms with van der Waals surface area (Å²) < 4.78 is 0. The van der Waals surface area contributed by atoms with Crippen LogP contribution in [-0.2, 0) is 0 Å². The molecule has 18 heavy (non-hydrogen) atoms. The standard InChI is InChI=1S/C17H28O/c1-10(2)14-8-15(11(3)4)17(13(7)18)16(9-14)12(5)6/h8-13,18H,1-7H3/t13-/m0/s1. The third-order valence-electron chi connectivity index (χ3n) is 3.59. The summed E-state index contributed by atoms with van der Waals surface area (Å²) in [5.41, 5.74) is 5.14. The van der Waals surface area contributed by atoms with E-state index in [1.54, 1.807) is 0 Å². The van der Waals surface area contributed by atoms with Gasteiger partial charge in [-0.2, -0.15) is 0 Å². The Kier molecular flexibility index (Phi) is 4.98. The summed E-state index contributed by atoms with van der Waals surface area (Å²) in [4.78, 5) is 0. The van der Waals surface area contributed by atoms with Crippen molar-refractivity contribution in [3.8, 4) is 0 Å². The Labute approximate surface area is 112 Å². The van der Waals surface area contributed by atoms with Crippen molar-refractivity contribution in [3.05, 3.63) is 34.4 Å². The smallest absolute Gasteiger partial charge is 0.0767 e. The fourth-order valence-corrected chi connectivity index (χ4v) is 2.49. The lowest BCUT2D eigenvalue weighted by atomic mass is 9.83. The molecule has 1 rings (SSSR count). The molecule has 1 aromatic carbocycles. The van der Waals surface area contributed by atoms with Gasteiger partial charge in [0.15, 0.2) is 0 Å². The molecule has 0 spiro atoms. The zero-order valence-electron chi connectivity index (χ0n) is 12.9. The minimum Gasteiger partial charge on any atom is -0.389 e. The Morgan fingerprint density at radius 2 is 1.11 bits per heavy atom. The molecule has 1 atom stereocenters. The Balaban J connectivity index is 3.55. The zero-order chi connectivity index (χ0) is 14.0. The van der Waals surface area contributed by atoms with Crippen molar-refractivity contribution >= 4 is 0 Å². The second kappa shape index (κ2) is 5.88. The highest BCUT2D eigenvalue weighted by Gasteiger charge is 2.19. The lowest BCUT2D eigenvalue weighted by Gasteiger charge is -2.24. The first-order valence-corrected chi connectivity index (χ1v) is 7.11. The third-order valence-corrected chi connectivity index (χ3v) is 3.59. The van der Waals surface area contributed by atoms with E-state index in [1.807, 2.05) is 6.92 Å². The van der Waals surface area contributed by atoms with Crippen LogP contribution in [0.15, 0.2) is 12.1 Å². The van der Waals surface area contributed by atoms with Crippen LogP contribution in [0.3, 0.4) is 0 Å². The lowest BCUT2D eigenvalue weighted by Crippen LogP contribution is -2.09. The first kappa shape index (κ1) is 15.2. The van der Waals surface area contributed by atoms with Gasteiger partial charge in [0.05, 0.1) is 6.10 Å². The predicted octanol–water partition coefficient (Wildman–Crippen LogP) is 5.11. The second-order valence-electron chi connectivity index (χ2n) is 6.25.